The van der Waals surface area contributed by atoms with Gasteiger partial charge in [0.25, 0.3) is 5.91 Å². The van der Waals surface area contributed by atoms with Gasteiger partial charge in [0.15, 0.2) is 5.82 Å². The fourth-order valence-corrected chi connectivity index (χ4v) is 3.86. The van der Waals surface area contributed by atoms with Gasteiger partial charge in [0, 0.05) is 49.2 Å². The molecule has 1 aliphatic heterocycles. The van der Waals surface area contributed by atoms with Crippen molar-refractivity contribution in [1.29, 1.82) is 0 Å². The van der Waals surface area contributed by atoms with Gasteiger partial charge in [-0.05, 0) is 48.9 Å². The Morgan fingerprint density at radius 1 is 1.20 bits per heavy atom. The van der Waals surface area contributed by atoms with Crippen molar-refractivity contribution in [2.24, 2.45) is 0 Å². The highest BCUT2D eigenvalue weighted by Crippen LogP contribution is 2.40. The number of H-pyrrole nitrogens is 1. The number of halogens is 2. The third-order valence-corrected chi connectivity index (χ3v) is 5.69. The highest BCUT2D eigenvalue weighted by molar-refractivity contribution is 6.03. The Hall–Kier alpha value is -2.71. The molecule has 0 bridgehead atoms. The van der Waals surface area contributed by atoms with Gasteiger partial charge in [-0.15, -0.1) is 12.4 Å². The van der Waals surface area contributed by atoms with Crippen molar-refractivity contribution in [3.63, 3.8) is 0 Å². The Morgan fingerprint density at radius 2 is 1.97 bits per heavy atom. The standard InChI is InChI=1S/C21H23FN6O.ClH/c1-12-16-10-14(22)4-5-15(16)20(24-18-11-17(26-27-18)13-2-3-13)25-19(12)21(29)28-8-6-23-7-9-28;/h4-5,10-11,13,23H,2-3,6-9H2,1H3,(H2,24,25,26,27);1H. The third-order valence-electron chi connectivity index (χ3n) is 5.69. The highest BCUT2D eigenvalue weighted by Gasteiger charge is 2.26. The van der Waals surface area contributed by atoms with Crippen LogP contribution in [-0.4, -0.2) is 52.2 Å². The Morgan fingerprint density at radius 3 is 2.70 bits per heavy atom. The first-order chi connectivity index (χ1) is 14.1. The zero-order valence-electron chi connectivity index (χ0n) is 16.7. The summed E-state index contributed by atoms with van der Waals surface area (Å²) in [5, 5.41) is 15.3. The van der Waals surface area contributed by atoms with Gasteiger partial charge >= 0.3 is 0 Å². The molecular formula is C21H24ClFN6O. The zero-order chi connectivity index (χ0) is 20.0. The van der Waals surface area contributed by atoms with E-state index in [1.165, 1.54) is 25.0 Å². The van der Waals surface area contributed by atoms with E-state index in [4.69, 9.17) is 0 Å². The van der Waals surface area contributed by atoms with Crippen LogP contribution in [0.4, 0.5) is 16.0 Å². The Kier molecular flexibility index (Phi) is 5.62. The lowest BCUT2D eigenvalue weighted by Crippen LogP contribution is -2.46. The van der Waals surface area contributed by atoms with Gasteiger partial charge in [0.05, 0.1) is 0 Å². The molecule has 1 aromatic carbocycles. The van der Waals surface area contributed by atoms with Gasteiger partial charge in [-0.2, -0.15) is 5.10 Å². The van der Waals surface area contributed by atoms with Crippen LogP contribution in [0.5, 0.6) is 0 Å². The molecule has 9 heteroatoms. The third kappa shape index (κ3) is 3.85. The van der Waals surface area contributed by atoms with E-state index in [0.29, 0.717) is 47.3 Å². The minimum atomic E-state index is -0.339. The number of aromatic nitrogens is 3. The molecule has 7 nitrogen and oxygen atoms in total. The first kappa shape index (κ1) is 20.6. The van der Waals surface area contributed by atoms with Gasteiger partial charge in [-0.3, -0.25) is 9.89 Å². The fourth-order valence-electron chi connectivity index (χ4n) is 3.86. The summed E-state index contributed by atoms with van der Waals surface area (Å²) in [5.41, 5.74) is 2.15. The summed E-state index contributed by atoms with van der Waals surface area (Å²) in [4.78, 5) is 19.6. The predicted octanol–water partition coefficient (Wildman–Crippen LogP) is 3.49. The number of hydrogen-bond donors (Lipinski definition) is 3. The van der Waals surface area contributed by atoms with Crippen LogP contribution < -0.4 is 10.6 Å². The number of amides is 1. The van der Waals surface area contributed by atoms with E-state index in [1.807, 2.05) is 13.0 Å². The lowest BCUT2D eigenvalue weighted by molar-refractivity contribution is 0.0729. The number of anilines is 2. The van der Waals surface area contributed by atoms with Crippen molar-refractivity contribution < 1.29 is 9.18 Å². The number of nitrogens with one attached hydrogen (secondary N) is 3. The van der Waals surface area contributed by atoms with E-state index in [1.54, 1.807) is 11.0 Å². The van der Waals surface area contributed by atoms with E-state index in [9.17, 15) is 9.18 Å². The molecule has 0 unspecified atom stereocenters. The molecule has 5 rings (SSSR count). The maximum atomic E-state index is 14.0. The highest BCUT2D eigenvalue weighted by atomic mass is 35.5. The molecule has 2 aromatic heterocycles. The molecular weight excluding hydrogens is 407 g/mol. The molecule has 3 heterocycles. The van der Waals surface area contributed by atoms with Gasteiger partial charge in [-0.25, -0.2) is 9.37 Å². The number of pyridine rings is 1. The summed E-state index contributed by atoms with van der Waals surface area (Å²) in [6.07, 6.45) is 2.35. The Labute approximate surface area is 179 Å². The van der Waals surface area contributed by atoms with Crippen molar-refractivity contribution in [1.82, 2.24) is 25.4 Å². The van der Waals surface area contributed by atoms with Gasteiger partial charge in [0.2, 0.25) is 0 Å². The number of nitrogens with zero attached hydrogens (tertiary/aromatic N) is 3. The number of piperazine rings is 1. The fraction of sp³-hybridized carbons (Fsp3) is 0.381. The molecule has 2 fully saturated rings. The van der Waals surface area contributed by atoms with E-state index in [-0.39, 0.29) is 24.1 Å². The normalized spacial score (nSPS) is 16.4. The minimum absolute atomic E-state index is 0. The summed E-state index contributed by atoms with van der Waals surface area (Å²) in [6, 6.07) is 6.55. The van der Waals surface area contributed by atoms with Crippen LogP contribution >= 0.6 is 12.4 Å². The second-order valence-electron chi connectivity index (χ2n) is 7.77. The molecule has 2 aliphatic rings. The van der Waals surface area contributed by atoms with Gasteiger partial charge in [0.1, 0.15) is 17.3 Å². The van der Waals surface area contributed by atoms with Crippen molar-refractivity contribution in [2.45, 2.75) is 25.7 Å². The molecule has 1 amide bonds. The van der Waals surface area contributed by atoms with Crippen LogP contribution in [0.1, 0.15) is 40.5 Å². The van der Waals surface area contributed by atoms with E-state index in [2.05, 4.69) is 25.8 Å². The van der Waals surface area contributed by atoms with Gasteiger partial charge < -0.3 is 15.5 Å². The minimum Gasteiger partial charge on any atom is -0.335 e. The number of aromatic amines is 1. The lowest BCUT2D eigenvalue weighted by Gasteiger charge is -2.28. The topological polar surface area (TPSA) is 85.9 Å². The first-order valence-corrected chi connectivity index (χ1v) is 10.0. The molecule has 30 heavy (non-hydrogen) atoms. The summed E-state index contributed by atoms with van der Waals surface area (Å²) in [6.45, 7) is 4.61. The molecule has 1 aliphatic carbocycles. The number of carbonyl (C=O) groups excluding carboxylic acids is 1. The molecule has 0 spiro atoms. The van der Waals surface area contributed by atoms with E-state index >= 15 is 0 Å². The predicted molar refractivity (Wildman–Crippen MR) is 116 cm³/mol. The van der Waals surface area contributed by atoms with Crippen LogP contribution in [0.15, 0.2) is 24.3 Å². The SMILES string of the molecule is Cc1c(C(=O)N2CCNCC2)nc(Nc2cc(C3CC3)[nH]n2)c2ccc(F)cc12.Cl. The van der Waals surface area contributed by atoms with Crippen LogP contribution in [0.25, 0.3) is 10.8 Å². The number of fused-ring (bicyclic) bond motifs is 1. The molecule has 158 valence electrons. The first-order valence-electron chi connectivity index (χ1n) is 10.0. The van der Waals surface area contributed by atoms with Crippen molar-refractivity contribution in [2.75, 3.05) is 31.5 Å². The number of carbonyl (C=O) groups is 1. The molecule has 0 atom stereocenters. The lowest BCUT2D eigenvalue weighted by atomic mass is 10.0. The summed E-state index contributed by atoms with van der Waals surface area (Å²) >= 11 is 0. The average molecular weight is 431 g/mol. The molecule has 1 saturated heterocycles. The van der Waals surface area contributed by atoms with E-state index < -0.39 is 0 Å². The molecule has 3 N–H and O–H groups in total. The Balaban J connectivity index is 0.00000218. The van der Waals surface area contributed by atoms with Crippen LogP contribution in [-0.2, 0) is 0 Å². The number of aryl methyl sites for hydroxylation is 1. The van der Waals surface area contributed by atoms with Crippen molar-refractivity contribution in [3.05, 3.63) is 47.0 Å². The zero-order valence-corrected chi connectivity index (χ0v) is 17.5. The van der Waals surface area contributed by atoms with Crippen molar-refractivity contribution >= 4 is 40.7 Å². The molecule has 0 radical (unpaired) electrons. The number of rotatable bonds is 4. The number of benzene rings is 1. The summed E-state index contributed by atoms with van der Waals surface area (Å²) in [7, 11) is 0. The molecule has 3 aromatic rings. The van der Waals surface area contributed by atoms with Crippen LogP contribution in [0.3, 0.4) is 0 Å². The van der Waals surface area contributed by atoms with Gasteiger partial charge in [-0.1, -0.05) is 0 Å². The van der Waals surface area contributed by atoms with E-state index in [0.717, 1.165) is 24.2 Å². The smallest absolute Gasteiger partial charge is 0.272 e. The second kappa shape index (κ2) is 8.20. The quantitative estimate of drug-likeness (QED) is 0.590. The largest absolute Gasteiger partial charge is 0.335 e. The number of hydrogen-bond acceptors (Lipinski definition) is 5. The summed E-state index contributed by atoms with van der Waals surface area (Å²) in [5.74, 6) is 1.25. The monoisotopic (exact) mass is 430 g/mol. The summed E-state index contributed by atoms with van der Waals surface area (Å²) < 4.78 is 14.0. The Bertz CT molecular complexity index is 1090. The average Bonchev–Trinajstić information content (AvgIpc) is 3.49. The van der Waals surface area contributed by atoms with Crippen LogP contribution in [0, 0.1) is 12.7 Å². The maximum absolute atomic E-state index is 14.0. The van der Waals surface area contributed by atoms with Crippen molar-refractivity contribution in [3.8, 4) is 0 Å². The molecule has 1 saturated carbocycles. The van der Waals surface area contributed by atoms with Crippen LogP contribution in [0.2, 0.25) is 0 Å². The second-order valence-corrected chi connectivity index (χ2v) is 7.77. The maximum Gasteiger partial charge on any atom is 0.272 e.